The van der Waals surface area contributed by atoms with Gasteiger partial charge in [-0.25, -0.2) is 4.79 Å². The summed E-state index contributed by atoms with van der Waals surface area (Å²) < 4.78 is 10.3. The van der Waals surface area contributed by atoms with Gasteiger partial charge in [-0.2, -0.15) is 0 Å². The fourth-order valence-electron chi connectivity index (χ4n) is 1.42. The molecule has 0 aliphatic carbocycles. The van der Waals surface area contributed by atoms with Crippen LogP contribution in [0.1, 0.15) is 44.0 Å². The fourth-order valence-corrected chi connectivity index (χ4v) is 1.42. The molecule has 0 aliphatic heterocycles. The quantitative estimate of drug-likeness (QED) is 0.585. The standard InChI is InChI=1S/C15H20O4/c1-4-7-14(16)19-13-9-6-5-8-12(13)15(17)18-10-11(2)3/h5-6,8-9,11H,4,7,10H2,1-3H3. The van der Waals surface area contributed by atoms with E-state index in [9.17, 15) is 9.59 Å². The minimum atomic E-state index is -0.464. The van der Waals surface area contributed by atoms with Crippen molar-refractivity contribution in [3.8, 4) is 5.75 Å². The molecule has 0 unspecified atom stereocenters. The highest BCUT2D eigenvalue weighted by atomic mass is 16.5. The van der Waals surface area contributed by atoms with Crippen molar-refractivity contribution in [2.45, 2.75) is 33.6 Å². The molecule has 0 radical (unpaired) electrons. The molecule has 0 atom stereocenters. The van der Waals surface area contributed by atoms with Gasteiger partial charge in [-0.15, -0.1) is 0 Å². The number of benzene rings is 1. The lowest BCUT2D eigenvalue weighted by molar-refractivity contribution is -0.134. The van der Waals surface area contributed by atoms with Crippen LogP contribution in [-0.2, 0) is 9.53 Å². The predicted molar refractivity (Wildman–Crippen MR) is 72.1 cm³/mol. The van der Waals surface area contributed by atoms with E-state index in [1.165, 1.54) is 0 Å². The Labute approximate surface area is 113 Å². The molecule has 0 saturated carbocycles. The van der Waals surface area contributed by atoms with Crippen molar-refractivity contribution in [2.24, 2.45) is 5.92 Å². The first-order chi connectivity index (χ1) is 9.04. The zero-order valence-corrected chi connectivity index (χ0v) is 11.6. The van der Waals surface area contributed by atoms with E-state index >= 15 is 0 Å². The van der Waals surface area contributed by atoms with Gasteiger partial charge < -0.3 is 9.47 Å². The summed E-state index contributed by atoms with van der Waals surface area (Å²) in [6, 6.07) is 6.62. The second-order valence-corrected chi connectivity index (χ2v) is 4.71. The summed E-state index contributed by atoms with van der Waals surface area (Å²) in [6.45, 7) is 6.15. The maximum absolute atomic E-state index is 11.9. The van der Waals surface area contributed by atoms with E-state index in [4.69, 9.17) is 9.47 Å². The maximum atomic E-state index is 11.9. The highest BCUT2D eigenvalue weighted by molar-refractivity contribution is 5.93. The smallest absolute Gasteiger partial charge is 0.341 e. The molecule has 0 saturated heterocycles. The van der Waals surface area contributed by atoms with Crippen molar-refractivity contribution in [2.75, 3.05) is 6.61 Å². The molecule has 104 valence electrons. The van der Waals surface area contributed by atoms with E-state index < -0.39 is 5.97 Å². The first-order valence-electron chi connectivity index (χ1n) is 6.51. The van der Waals surface area contributed by atoms with Crippen LogP contribution < -0.4 is 4.74 Å². The lowest BCUT2D eigenvalue weighted by Gasteiger charge is -2.10. The molecule has 0 aliphatic rings. The second kappa shape index (κ2) is 7.56. The van der Waals surface area contributed by atoms with Crippen molar-refractivity contribution < 1.29 is 19.1 Å². The van der Waals surface area contributed by atoms with Gasteiger partial charge in [0.15, 0.2) is 0 Å². The van der Waals surface area contributed by atoms with Gasteiger partial charge in [-0.3, -0.25) is 4.79 Å². The van der Waals surface area contributed by atoms with Gasteiger partial charge >= 0.3 is 11.9 Å². The number of ether oxygens (including phenoxy) is 2. The van der Waals surface area contributed by atoms with Crippen LogP contribution in [0.4, 0.5) is 0 Å². The van der Waals surface area contributed by atoms with Crippen LogP contribution in [0.2, 0.25) is 0 Å². The summed E-state index contributed by atoms with van der Waals surface area (Å²) in [4.78, 5) is 23.4. The van der Waals surface area contributed by atoms with Crippen molar-refractivity contribution in [3.05, 3.63) is 29.8 Å². The molecule has 0 N–H and O–H groups in total. The predicted octanol–water partition coefficient (Wildman–Crippen LogP) is 3.20. The first kappa shape index (κ1) is 15.2. The van der Waals surface area contributed by atoms with E-state index in [2.05, 4.69) is 0 Å². The van der Waals surface area contributed by atoms with Gasteiger partial charge in [0.2, 0.25) is 0 Å². The molecule has 4 nitrogen and oxygen atoms in total. The van der Waals surface area contributed by atoms with Crippen LogP contribution in [0.3, 0.4) is 0 Å². The van der Waals surface area contributed by atoms with Gasteiger partial charge in [-0.1, -0.05) is 32.9 Å². The normalized spacial score (nSPS) is 10.3. The summed E-state index contributed by atoms with van der Waals surface area (Å²) in [6.07, 6.45) is 1.04. The molecule has 0 fully saturated rings. The second-order valence-electron chi connectivity index (χ2n) is 4.71. The Hall–Kier alpha value is -1.84. The average molecular weight is 264 g/mol. The number of carbonyl (C=O) groups is 2. The largest absolute Gasteiger partial charge is 0.462 e. The Balaban J connectivity index is 2.77. The van der Waals surface area contributed by atoms with E-state index in [1.807, 2.05) is 20.8 Å². The molecule has 1 rings (SSSR count). The molecular formula is C15H20O4. The van der Waals surface area contributed by atoms with Crippen LogP contribution in [0.15, 0.2) is 24.3 Å². The van der Waals surface area contributed by atoms with Crippen molar-refractivity contribution in [1.29, 1.82) is 0 Å². The van der Waals surface area contributed by atoms with E-state index in [1.54, 1.807) is 24.3 Å². The number of para-hydroxylation sites is 1. The van der Waals surface area contributed by atoms with Crippen LogP contribution in [0, 0.1) is 5.92 Å². The average Bonchev–Trinajstić information content (AvgIpc) is 2.36. The number of hydrogen-bond donors (Lipinski definition) is 0. The van der Waals surface area contributed by atoms with Gasteiger partial charge in [0.05, 0.1) is 6.61 Å². The van der Waals surface area contributed by atoms with E-state index in [-0.39, 0.29) is 23.2 Å². The van der Waals surface area contributed by atoms with Crippen LogP contribution in [0.25, 0.3) is 0 Å². The molecule has 0 bridgehead atoms. The number of carbonyl (C=O) groups excluding carboxylic acids is 2. The molecule has 0 amide bonds. The lowest BCUT2D eigenvalue weighted by Crippen LogP contribution is -2.14. The van der Waals surface area contributed by atoms with Crippen LogP contribution >= 0.6 is 0 Å². The van der Waals surface area contributed by atoms with Gasteiger partial charge in [-0.05, 0) is 24.5 Å². The molecule has 1 aromatic carbocycles. The zero-order valence-electron chi connectivity index (χ0n) is 11.6. The minimum absolute atomic E-state index is 0.259. The van der Waals surface area contributed by atoms with Crippen LogP contribution in [-0.4, -0.2) is 18.5 Å². The summed E-state index contributed by atoms with van der Waals surface area (Å²) >= 11 is 0. The topological polar surface area (TPSA) is 52.6 Å². The Kier molecular flexibility index (Phi) is 6.06. The summed E-state index contributed by atoms with van der Waals surface area (Å²) in [5.74, 6) is -0.284. The van der Waals surface area contributed by atoms with Crippen molar-refractivity contribution in [3.63, 3.8) is 0 Å². The Morgan fingerprint density at radius 2 is 1.89 bits per heavy atom. The van der Waals surface area contributed by atoms with E-state index in [0.717, 1.165) is 0 Å². The molecular weight excluding hydrogens is 244 g/mol. The third-order valence-electron chi connectivity index (χ3n) is 2.33. The zero-order chi connectivity index (χ0) is 14.3. The maximum Gasteiger partial charge on any atom is 0.341 e. The Morgan fingerprint density at radius 3 is 2.53 bits per heavy atom. The van der Waals surface area contributed by atoms with Gasteiger partial charge in [0, 0.05) is 6.42 Å². The minimum Gasteiger partial charge on any atom is -0.462 e. The van der Waals surface area contributed by atoms with E-state index in [0.29, 0.717) is 19.4 Å². The van der Waals surface area contributed by atoms with Gasteiger partial charge in [0.1, 0.15) is 11.3 Å². The summed E-state index contributed by atoms with van der Waals surface area (Å²) in [5, 5.41) is 0. The monoisotopic (exact) mass is 264 g/mol. The lowest BCUT2D eigenvalue weighted by atomic mass is 10.2. The molecule has 0 spiro atoms. The van der Waals surface area contributed by atoms with Crippen molar-refractivity contribution >= 4 is 11.9 Å². The third-order valence-corrected chi connectivity index (χ3v) is 2.33. The molecule has 19 heavy (non-hydrogen) atoms. The Bertz CT molecular complexity index is 438. The molecule has 0 heterocycles. The SMILES string of the molecule is CCCC(=O)Oc1ccccc1C(=O)OCC(C)C. The first-order valence-corrected chi connectivity index (χ1v) is 6.51. The highest BCUT2D eigenvalue weighted by Crippen LogP contribution is 2.20. The summed E-state index contributed by atoms with van der Waals surface area (Å²) in [7, 11) is 0. The fraction of sp³-hybridized carbons (Fsp3) is 0.467. The third kappa shape index (κ3) is 5.12. The Morgan fingerprint density at radius 1 is 1.21 bits per heavy atom. The molecule has 1 aromatic rings. The number of esters is 2. The summed E-state index contributed by atoms with van der Waals surface area (Å²) in [5.41, 5.74) is 0.285. The van der Waals surface area contributed by atoms with Crippen LogP contribution in [0.5, 0.6) is 5.75 Å². The molecule has 0 aromatic heterocycles. The number of hydrogen-bond acceptors (Lipinski definition) is 4. The highest BCUT2D eigenvalue weighted by Gasteiger charge is 2.16. The van der Waals surface area contributed by atoms with Gasteiger partial charge in [0.25, 0.3) is 0 Å². The van der Waals surface area contributed by atoms with Crippen molar-refractivity contribution in [1.82, 2.24) is 0 Å². The number of rotatable bonds is 6. The molecule has 4 heteroatoms.